The highest BCUT2D eigenvalue weighted by atomic mass is 35.5. The van der Waals surface area contributed by atoms with Crippen LogP contribution in [0.3, 0.4) is 0 Å². The number of hydrogen-bond donors (Lipinski definition) is 5. The molecule has 0 radical (unpaired) electrons. The minimum Gasteiger partial charge on any atom is -0.507 e. The maximum atomic E-state index is 14.2. The number of hydrogen-bond acceptors (Lipinski definition) is 12. The topological polar surface area (TPSA) is 170 Å². The van der Waals surface area contributed by atoms with E-state index in [9.17, 15) is 24.6 Å². The number of nitrogens with one attached hydrogen (secondary N) is 3. The fraction of sp³-hybridized carbons (Fsp3) is 0.596. The van der Waals surface area contributed by atoms with Crippen LogP contribution in [-0.2, 0) is 20.9 Å². The van der Waals surface area contributed by atoms with E-state index < -0.39 is 23.6 Å². The number of aromatic nitrogens is 2. The van der Waals surface area contributed by atoms with E-state index in [-0.39, 0.29) is 48.9 Å². The van der Waals surface area contributed by atoms with Gasteiger partial charge in [-0.1, -0.05) is 56.5 Å². The van der Waals surface area contributed by atoms with Gasteiger partial charge in [0, 0.05) is 85.9 Å². The molecule has 5 aliphatic heterocycles. The number of rotatable bonds is 10. The number of carbonyl (C=O) groups is 3. The van der Waals surface area contributed by atoms with Crippen molar-refractivity contribution in [1.29, 1.82) is 0 Å². The van der Waals surface area contributed by atoms with E-state index in [0.29, 0.717) is 51.6 Å². The molecule has 0 bridgehead atoms. The number of aliphatic hydroxyl groups is 1. The molecule has 0 unspecified atom stereocenters. The molecule has 16 heteroatoms. The quantitative estimate of drug-likeness (QED) is 0.178. The van der Waals surface area contributed by atoms with Crippen molar-refractivity contribution in [2.24, 2.45) is 11.3 Å². The normalized spacial score (nSPS) is 26.0. The molecule has 9 rings (SSSR count). The number of nitrogens with zero attached hydrogens (tertiary/aromatic N) is 7. The molecule has 3 amide bonds. The number of phenolic OH excluding ortho intramolecular Hbond substituents is 1. The molecule has 6 heterocycles. The van der Waals surface area contributed by atoms with E-state index in [2.05, 4.69) is 57.7 Å². The van der Waals surface area contributed by atoms with Crippen LogP contribution in [0.15, 0.2) is 48.5 Å². The summed E-state index contributed by atoms with van der Waals surface area (Å²) in [6.07, 6.45) is 13.0. The summed E-state index contributed by atoms with van der Waals surface area (Å²) in [7, 11) is 0. The molecule has 68 heavy (non-hydrogen) atoms. The summed E-state index contributed by atoms with van der Waals surface area (Å²) in [6.45, 7) is 14.2. The van der Waals surface area contributed by atoms with Crippen molar-refractivity contribution in [3.05, 3.63) is 64.7 Å². The van der Waals surface area contributed by atoms with Crippen LogP contribution >= 0.6 is 11.6 Å². The van der Waals surface area contributed by atoms with Gasteiger partial charge in [-0.2, -0.15) is 0 Å². The lowest BCUT2D eigenvalue weighted by Crippen LogP contribution is -2.61. The number of para-hydroxylation sites is 1. The zero-order valence-electron chi connectivity index (χ0n) is 39.9. The standard InChI is InChI=1S/C52H69ClN10O5/c1-5-33-10-11-35(42(53)26-33)29-55-50(67)45-27-40(64)32-63(45)51(68)47(52(2,3)4)56-49(66)34-12-14-36(15-13-34)59-20-16-37(17-21-59)60-22-18-38(19-23-60)61-24-25-62-39(31-61)30-54-48-44(62)28-43(57-58-48)41-8-6-7-9-46(41)65/h1,6-11,26,28,34,36-40,45,47,64-65H,12-25,27,29-32H2,2-4H3,(H,54,58)(H,55,67)(H,56,66)/t34?,36?,39-,40+,45-,47+/m0/s1. The first-order valence-electron chi connectivity index (χ1n) is 24.9. The van der Waals surface area contributed by atoms with Crippen molar-refractivity contribution >= 4 is 40.8 Å². The Hall–Kier alpha value is -4.98. The molecule has 4 atom stereocenters. The van der Waals surface area contributed by atoms with Crippen molar-refractivity contribution in [2.75, 3.05) is 69.1 Å². The van der Waals surface area contributed by atoms with Gasteiger partial charge in [-0.25, -0.2) is 0 Å². The van der Waals surface area contributed by atoms with Crippen LogP contribution in [0.25, 0.3) is 11.3 Å². The third-order valence-corrected chi connectivity index (χ3v) is 16.2. The van der Waals surface area contributed by atoms with E-state index in [0.717, 1.165) is 89.5 Å². The molecule has 15 nitrogen and oxygen atoms in total. The van der Waals surface area contributed by atoms with Crippen LogP contribution in [-0.4, -0.2) is 159 Å². The number of aliphatic hydroxyl groups excluding tert-OH is 1. The number of fused-ring (bicyclic) bond motifs is 3. The second-order valence-corrected chi connectivity index (χ2v) is 21.5. The van der Waals surface area contributed by atoms with Gasteiger partial charge in [0.15, 0.2) is 5.82 Å². The third kappa shape index (κ3) is 10.5. The fourth-order valence-electron chi connectivity index (χ4n) is 11.9. The monoisotopic (exact) mass is 949 g/mol. The Bertz CT molecular complexity index is 2350. The minimum absolute atomic E-state index is 0.0197. The van der Waals surface area contributed by atoms with Gasteiger partial charge in [-0.3, -0.25) is 19.3 Å². The maximum absolute atomic E-state index is 14.2. The molecule has 3 aromatic rings. The lowest BCUT2D eigenvalue weighted by Gasteiger charge is -2.50. The number of terminal acetylenes is 1. The zero-order chi connectivity index (χ0) is 47.7. The fourth-order valence-corrected chi connectivity index (χ4v) is 12.1. The van der Waals surface area contributed by atoms with Gasteiger partial charge in [0.05, 0.1) is 23.5 Å². The lowest BCUT2D eigenvalue weighted by atomic mass is 9.82. The summed E-state index contributed by atoms with van der Waals surface area (Å²) in [5.41, 5.74) is 3.16. The van der Waals surface area contributed by atoms with E-state index in [1.165, 1.54) is 30.6 Å². The van der Waals surface area contributed by atoms with Gasteiger partial charge in [-0.15, -0.1) is 16.6 Å². The number of piperidine rings is 2. The van der Waals surface area contributed by atoms with Crippen molar-refractivity contribution < 1.29 is 24.6 Å². The Balaban J connectivity index is 0.707. The number of carbonyl (C=O) groups excluding carboxylic acids is 3. The molecule has 2 aromatic carbocycles. The molecular formula is C52H69ClN10O5. The SMILES string of the molecule is C#Cc1ccc(CNC(=O)[C@@H]2C[C@@H](O)CN2C(=O)[C@@H](NC(=O)C2CCC(N3CCC(N4CCC(N5CCN6c7cc(-c8ccccc8O)nnc7NC[C@H]6C5)CC4)CC3)CC2)C(C)(C)C)c(Cl)c1. The largest absolute Gasteiger partial charge is 0.507 e. The number of phenols is 1. The van der Waals surface area contributed by atoms with Gasteiger partial charge in [0.1, 0.15) is 17.8 Å². The van der Waals surface area contributed by atoms with Gasteiger partial charge < -0.3 is 45.8 Å². The summed E-state index contributed by atoms with van der Waals surface area (Å²) in [4.78, 5) is 53.7. The van der Waals surface area contributed by atoms with Gasteiger partial charge in [0.25, 0.3) is 0 Å². The van der Waals surface area contributed by atoms with Crippen molar-refractivity contribution in [3.63, 3.8) is 0 Å². The number of piperazine rings is 1. The molecule has 5 N–H and O–H groups in total. The summed E-state index contributed by atoms with van der Waals surface area (Å²) >= 11 is 6.39. The van der Waals surface area contributed by atoms with Gasteiger partial charge in [-0.05, 0) is 119 Å². The smallest absolute Gasteiger partial charge is 0.246 e. The average Bonchev–Trinajstić information content (AvgIpc) is 3.76. The molecule has 6 aliphatic rings. The Morgan fingerprint density at radius 1 is 0.838 bits per heavy atom. The van der Waals surface area contributed by atoms with E-state index in [4.69, 9.17) is 18.0 Å². The van der Waals surface area contributed by atoms with Gasteiger partial charge >= 0.3 is 0 Å². The molecule has 1 aliphatic carbocycles. The number of anilines is 2. The van der Waals surface area contributed by atoms with E-state index >= 15 is 0 Å². The highest BCUT2D eigenvalue weighted by molar-refractivity contribution is 6.31. The van der Waals surface area contributed by atoms with Crippen molar-refractivity contribution in [1.82, 2.24) is 40.4 Å². The van der Waals surface area contributed by atoms with Crippen LogP contribution in [0.2, 0.25) is 5.02 Å². The molecular weight excluding hydrogens is 880 g/mol. The van der Waals surface area contributed by atoms with E-state index in [1.807, 2.05) is 39.0 Å². The van der Waals surface area contributed by atoms with Crippen LogP contribution in [0.1, 0.15) is 89.7 Å². The second kappa shape index (κ2) is 20.5. The highest BCUT2D eigenvalue weighted by Crippen LogP contribution is 2.38. The first-order valence-corrected chi connectivity index (χ1v) is 25.3. The summed E-state index contributed by atoms with van der Waals surface area (Å²) < 4.78 is 0. The molecule has 364 valence electrons. The zero-order valence-corrected chi connectivity index (χ0v) is 40.6. The summed E-state index contributed by atoms with van der Waals surface area (Å²) in [5, 5.41) is 40.0. The van der Waals surface area contributed by atoms with Crippen LogP contribution in [0.5, 0.6) is 5.75 Å². The maximum Gasteiger partial charge on any atom is 0.246 e. The second-order valence-electron chi connectivity index (χ2n) is 21.1. The first-order chi connectivity index (χ1) is 32.7. The van der Waals surface area contributed by atoms with Gasteiger partial charge in [0.2, 0.25) is 17.7 Å². The number of likely N-dealkylation sites (tertiary alicyclic amines) is 3. The number of halogens is 1. The number of aromatic hydroxyl groups is 1. The molecule has 1 aromatic heterocycles. The lowest BCUT2D eigenvalue weighted by molar-refractivity contribution is -0.144. The predicted octanol–water partition coefficient (Wildman–Crippen LogP) is 4.70. The van der Waals surface area contributed by atoms with Crippen LogP contribution < -0.4 is 20.9 Å². The van der Waals surface area contributed by atoms with Crippen molar-refractivity contribution in [2.45, 2.75) is 127 Å². The number of benzene rings is 2. The van der Waals surface area contributed by atoms with Crippen LogP contribution in [0.4, 0.5) is 11.5 Å². The highest BCUT2D eigenvalue weighted by Gasteiger charge is 2.46. The minimum atomic E-state index is -0.874. The molecule has 0 spiro atoms. The number of amides is 3. The van der Waals surface area contributed by atoms with E-state index in [1.54, 1.807) is 24.3 Å². The Kier molecular flexibility index (Phi) is 14.5. The predicted molar refractivity (Wildman–Crippen MR) is 264 cm³/mol. The summed E-state index contributed by atoms with van der Waals surface area (Å²) in [5.74, 6) is 2.54. The molecule has 5 fully saturated rings. The average molecular weight is 950 g/mol. The Morgan fingerprint density at radius 2 is 1.51 bits per heavy atom. The van der Waals surface area contributed by atoms with Crippen LogP contribution in [0, 0.1) is 23.7 Å². The first kappa shape index (κ1) is 48.1. The third-order valence-electron chi connectivity index (χ3n) is 15.8. The Labute approximate surface area is 406 Å². The summed E-state index contributed by atoms with van der Waals surface area (Å²) in [6, 6.07) is 14.9. The molecule has 4 saturated heterocycles. The Morgan fingerprint density at radius 3 is 2.18 bits per heavy atom. The number of β-amino-alcohol motifs (C(OH)–C–C–N with tert-alkyl or cyclic N) is 1. The van der Waals surface area contributed by atoms with Crippen molar-refractivity contribution in [3.8, 4) is 29.4 Å². The molecule has 1 saturated carbocycles.